The van der Waals surface area contributed by atoms with Crippen LogP contribution in [0.1, 0.15) is 37.1 Å². The van der Waals surface area contributed by atoms with Crippen molar-refractivity contribution in [1.82, 2.24) is 9.55 Å². The van der Waals surface area contributed by atoms with Crippen LogP contribution in [-0.2, 0) is 13.0 Å². The topological polar surface area (TPSA) is 57.0 Å². The zero-order chi connectivity index (χ0) is 14.4. The number of hydrogen-bond donors (Lipinski definition) is 1. The number of aromatic nitrogens is 2. The number of benzene rings is 1. The number of nitrogens with two attached hydrogens (primary N) is 1. The van der Waals surface area contributed by atoms with Gasteiger partial charge >= 0.3 is 0 Å². The molecule has 0 atom stereocenters. The highest BCUT2D eigenvalue weighted by molar-refractivity contribution is 5.81. The van der Waals surface area contributed by atoms with E-state index in [-0.39, 0.29) is 0 Å². The first-order valence-electron chi connectivity index (χ1n) is 7.60. The Morgan fingerprint density at radius 2 is 2.14 bits per heavy atom. The Morgan fingerprint density at radius 3 is 2.81 bits per heavy atom. The van der Waals surface area contributed by atoms with E-state index in [4.69, 9.17) is 15.1 Å². The maximum absolute atomic E-state index is 5.92. The fraction of sp³-hybridized carbons (Fsp3) is 0.353. The predicted molar refractivity (Wildman–Crippen MR) is 83.0 cm³/mol. The van der Waals surface area contributed by atoms with Crippen LogP contribution >= 0.6 is 0 Å². The third-order valence-electron chi connectivity index (χ3n) is 4.13. The zero-order valence-electron chi connectivity index (χ0n) is 12.2. The third kappa shape index (κ3) is 2.07. The molecule has 1 saturated carbocycles. The number of aryl methyl sites for hydroxylation is 1. The van der Waals surface area contributed by atoms with Crippen molar-refractivity contribution in [2.75, 3.05) is 0 Å². The van der Waals surface area contributed by atoms with E-state index in [2.05, 4.69) is 29.7 Å². The zero-order valence-corrected chi connectivity index (χ0v) is 12.2. The first kappa shape index (κ1) is 12.7. The van der Waals surface area contributed by atoms with Gasteiger partial charge in [-0.2, -0.15) is 0 Å². The van der Waals surface area contributed by atoms with Gasteiger partial charge < -0.3 is 14.7 Å². The van der Waals surface area contributed by atoms with Crippen LogP contribution in [0.3, 0.4) is 0 Å². The second kappa shape index (κ2) is 4.74. The number of nitrogens with zero attached hydrogens (tertiary/aromatic N) is 2. The quantitative estimate of drug-likeness (QED) is 0.794. The van der Waals surface area contributed by atoms with Crippen LogP contribution in [0.25, 0.3) is 22.6 Å². The molecule has 4 rings (SSSR count). The third-order valence-corrected chi connectivity index (χ3v) is 4.13. The Balaban J connectivity index is 1.92. The van der Waals surface area contributed by atoms with Crippen molar-refractivity contribution < 1.29 is 4.42 Å². The highest BCUT2D eigenvalue weighted by atomic mass is 16.3. The minimum Gasteiger partial charge on any atom is -0.458 e. The summed E-state index contributed by atoms with van der Waals surface area (Å²) in [7, 11) is 0. The minimum absolute atomic E-state index is 0.544. The van der Waals surface area contributed by atoms with Gasteiger partial charge in [0.15, 0.2) is 11.6 Å². The molecule has 0 radical (unpaired) electrons. The highest BCUT2D eigenvalue weighted by Gasteiger charge is 2.29. The van der Waals surface area contributed by atoms with Gasteiger partial charge in [-0.3, -0.25) is 0 Å². The van der Waals surface area contributed by atoms with Crippen LogP contribution < -0.4 is 5.73 Å². The summed E-state index contributed by atoms with van der Waals surface area (Å²) in [4.78, 5) is 4.81. The highest BCUT2D eigenvalue weighted by Crippen LogP contribution is 2.41. The minimum atomic E-state index is 0.544. The van der Waals surface area contributed by atoms with E-state index in [9.17, 15) is 0 Å². The number of furan rings is 1. The van der Waals surface area contributed by atoms with Crippen LogP contribution in [0.2, 0.25) is 0 Å². The van der Waals surface area contributed by atoms with Crippen LogP contribution in [0.5, 0.6) is 0 Å². The van der Waals surface area contributed by atoms with Crippen molar-refractivity contribution in [2.45, 2.75) is 38.8 Å². The van der Waals surface area contributed by atoms with Crippen molar-refractivity contribution in [3.63, 3.8) is 0 Å². The Hall–Kier alpha value is -2.07. The van der Waals surface area contributed by atoms with Crippen molar-refractivity contribution in [1.29, 1.82) is 0 Å². The second-order valence-corrected chi connectivity index (χ2v) is 5.68. The van der Waals surface area contributed by atoms with Crippen molar-refractivity contribution in [3.8, 4) is 11.6 Å². The lowest BCUT2D eigenvalue weighted by molar-refractivity contribution is 0.521. The molecule has 3 aromatic rings. The van der Waals surface area contributed by atoms with E-state index in [1.54, 1.807) is 0 Å². The largest absolute Gasteiger partial charge is 0.458 e. The summed E-state index contributed by atoms with van der Waals surface area (Å²) < 4.78 is 8.24. The van der Waals surface area contributed by atoms with Crippen LogP contribution in [0.4, 0.5) is 0 Å². The molecule has 0 spiro atoms. The molecule has 108 valence electrons. The summed E-state index contributed by atoms with van der Waals surface area (Å²) in [6.07, 6.45) is 3.35. The Morgan fingerprint density at radius 1 is 1.29 bits per heavy atom. The lowest BCUT2D eigenvalue weighted by Crippen LogP contribution is -1.97. The van der Waals surface area contributed by atoms with Gasteiger partial charge in [0.05, 0.1) is 11.0 Å². The van der Waals surface area contributed by atoms with Gasteiger partial charge in [0, 0.05) is 19.0 Å². The SMILES string of the molecule is CCc1ccc(-c2nc3cc(CN)ccc3n2C2CC2)o1. The number of imidazole rings is 1. The maximum Gasteiger partial charge on any atom is 0.177 e. The van der Waals surface area contributed by atoms with E-state index >= 15 is 0 Å². The van der Waals surface area contributed by atoms with E-state index < -0.39 is 0 Å². The second-order valence-electron chi connectivity index (χ2n) is 5.68. The molecule has 4 nitrogen and oxygen atoms in total. The average Bonchev–Trinajstić information content (AvgIpc) is 3.12. The molecule has 4 heteroatoms. The Kier molecular flexibility index (Phi) is 2.86. The molecule has 2 aromatic heterocycles. The number of fused-ring (bicyclic) bond motifs is 1. The van der Waals surface area contributed by atoms with Gasteiger partial charge in [-0.25, -0.2) is 4.98 Å². The van der Waals surface area contributed by atoms with E-state index in [0.29, 0.717) is 12.6 Å². The fourth-order valence-electron chi connectivity index (χ4n) is 2.84. The maximum atomic E-state index is 5.92. The summed E-state index contributed by atoms with van der Waals surface area (Å²) in [6, 6.07) is 10.9. The molecule has 0 aliphatic heterocycles. The first-order valence-corrected chi connectivity index (χ1v) is 7.60. The fourth-order valence-corrected chi connectivity index (χ4v) is 2.84. The van der Waals surface area contributed by atoms with E-state index in [0.717, 1.165) is 34.8 Å². The van der Waals surface area contributed by atoms with Gasteiger partial charge in [-0.1, -0.05) is 13.0 Å². The molecule has 1 aromatic carbocycles. The lowest BCUT2D eigenvalue weighted by Gasteiger charge is -2.05. The monoisotopic (exact) mass is 281 g/mol. The van der Waals surface area contributed by atoms with Crippen molar-refractivity contribution in [2.24, 2.45) is 5.73 Å². The molecule has 0 saturated heterocycles. The average molecular weight is 281 g/mol. The van der Waals surface area contributed by atoms with Gasteiger partial charge in [-0.05, 0) is 42.7 Å². The van der Waals surface area contributed by atoms with Gasteiger partial charge in [0.25, 0.3) is 0 Å². The van der Waals surface area contributed by atoms with Gasteiger partial charge in [0.1, 0.15) is 5.76 Å². The first-order chi connectivity index (χ1) is 10.3. The van der Waals surface area contributed by atoms with Crippen molar-refractivity contribution in [3.05, 3.63) is 41.7 Å². The molecule has 1 fully saturated rings. The summed E-state index contributed by atoms with van der Waals surface area (Å²) >= 11 is 0. The number of hydrogen-bond acceptors (Lipinski definition) is 3. The summed E-state index contributed by atoms with van der Waals surface area (Å²) in [6.45, 7) is 2.64. The molecule has 0 bridgehead atoms. The molecule has 2 heterocycles. The van der Waals surface area contributed by atoms with Crippen molar-refractivity contribution >= 4 is 11.0 Å². The van der Waals surface area contributed by atoms with Crippen LogP contribution in [0, 0.1) is 0 Å². The van der Waals surface area contributed by atoms with Crippen LogP contribution in [0.15, 0.2) is 34.7 Å². The van der Waals surface area contributed by atoms with Gasteiger partial charge in [0.2, 0.25) is 0 Å². The number of rotatable bonds is 4. The molecule has 1 aliphatic rings. The van der Waals surface area contributed by atoms with E-state index in [1.165, 1.54) is 18.4 Å². The molecule has 0 amide bonds. The van der Waals surface area contributed by atoms with Crippen LogP contribution in [-0.4, -0.2) is 9.55 Å². The molecular weight excluding hydrogens is 262 g/mol. The van der Waals surface area contributed by atoms with Gasteiger partial charge in [-0.15, -0.1) is 0 Å². The van der Waals surface area contributed by atoms with E-state index in [1.807, 2.05) is 12.1 Å². The molecule has 0 unspecified atom stereocenters. The molecule has 21 heavy (non-hydrogen) atoms. The standard InChI is InChI=1S/C17H19N3O/c1-2-13-6-8-16(21-13)17-19-14-9-11(10-18)3-7-15(14)20(17)12-4-5-12/h3,6-9,12H,2,4-5,10,18H2,1H3. The molecular formula is C17H19N3O. The lowest BCUT2D eigenvalue weighted by atomic mass is 10.2. The molecule has 1 aliphatic carbocycles. The Labute approximate surface area is 123 Å². The summed E-state index contributed by atoms with van der Waals surface area (Å²) in [5.41, 5.74) is 9.04. The normalized spacial score (nSPS) is 15.0. The smallest absolute Gasteiger partial charge is 0.177 e. The molecule has 2 N–H and O–H groups in total. The predicted octanol–water partition coefficient (Wildman–Crippen LogP) is 3.65. The Bertz CT molecular complexity index is 796. The summed E-state index contributed by atoms with van der Waals surface area (Å²) in [5.74, 6) is 2.81. The summed E-state index contributed by atoms with van der Waals surface area (Å²) in [5, 5.41) is 0.